The van der Waals surface area contributed by atoms with E-state index in [1.165, 1.54) is 0 Å². The summed E-state index contributed by atoms with van der Waals surface area (Å²) < 4.78 is 8.59. The predicted octanol–water partition coefficient (Wildman–Crippen LogP) is -1.66. The van der Waals surface area contributed by atoms with Gasteiger partial charge in [0.2, 0.25) is 0 Å². The summed E-state index contributed by atoms with van der Waals surface area (Å²) in [6.45, 7) is 2.01. The van der Waals surface area contributed by atoms with Crippen molar-refractivity contribution in [2.45, 2.75) is 6.92 Å². The molecule has 1 rings (SSSR count). The van der Waals surface area contributed by atoms with Crippen molar-refractivity contribution in [2.24, 2.45) is 6.46 Å². The van der Waals surface area contributed by atoms with Gasteiger partial charge in [0.1, 0.15) is 0 Å². The second kappa shape index (κ2) is 3.04. The fourth-order valence-corrected chi connectivity index (χ4v) is 5.96. The van der Waals surface area contributed by atoms with E-state index in [0.29, 0.717) is 0 Å². The first-order valence-corrected chi connectivity index (χ1v) is 10.3. The monoisotopic (exact) mass is 338 g/mol. The number of hydrogen-bond acceptors (Lipinski definition) is 3. The minimum atomic E-state index is 0.121. The third-order valence-electron chi connectivity index (χ3n) is 0.793. The average molecular weight is 338 g/mol. The van der Waals surface area contributed by atoms with Gasteiger partial charge in [0.05, 0.1) is 0 Å². The summed E-state index contributed by atoms with van der Waals surface area (Å²) >= 11 is 0.258. The van der Waals surface area contributed by atoms with Crippen molar-refractivity contribution >= 4 is 22.9 Å². The molecule has 3 nitrogen and oxygen atoms in total. The van der Waals surface area contributed by atoms with Crippen LogP contribution >= 0.6 is 17.1 Å². The summed E-state index contributed by atoms with van der Waals surface area (Å²) in [5.41, 5.74) is 0. The SMILES string of the molecule is CC1=N[I-]I=NN1C. The van der Waals surface area contributed by atoms with E-state index < -0.39 is 0 Å². The van der Waals surface area contributed by atoms with E-state index in [-0.39, 0.29) is 34.6 Å². The van der Waals surface area contributed by atoms with Gasteiger partial charge in [-0.3, -0.25) is 0 Å². The van der Waals surface area contributed by atoms with Gasteiger partial charge in [0.15, 0.2) is 0 Å². The summed E-state index contributed by atoms with van der Waals surface area (Å²) in [6.07, 6.45) is 0. The van der Waals surface area contributed by atoms with Crippen LogP contribution in [0.3, 0.4) is 0 Å². The van der Waals surface area contributed by atoms with Crippen LogP contribution in [0.4, 0.5) is 0 Å². The molecule has 48 valence electrons. The van der Waals surface area contributed by atoms with E-state index in [1.807, 2.05) is 19.0 Å². The second-order valence-corrected chi connectivity index (χ2v) is 7.89. The zero-order valence-electron chi connectivity index (χ0n) is 4.60. The van der Waals surface area contributed by atoms with Crippen LogP contribution in [-0.4, -0.2) is 17.9 Å². The molecule has 0 fully saturated rings. The van der Waals surface area contributed by atoms with Gasteiger partial charge in [-0.25, -0.2) is 0 Å². The molecule has 8 heavy (non-hydrogen) atoms. The standard InChI is InChI=1S/C3H6I2N3/c1-3-6-4-5-7-8(3)2/h1-2H3/q-1. The zero-order chi connectivity index (χ0) is 5.98. The zero-order valence-corrected chi connectivity index (χ0v) is 8.91. The molecule has 1 aliphatic heterocycles. The third-order valence-corrected chi connectivity index (χ3v) is 6.06. The number of halogens is 2. The normalized spacial score (nSPS) is 20.8. The quantitative estimate of drug-likeness (QED) is 0.486. The van der Waals surface area contributed by atoms with Crippen LogP contribution in [0.5, 0.6) is 0 Å². The van der Waals surface area contributed by atoms with E-state index in [4.69, 9.17) is 0 Å². The summed E-state index contributed by atoms with van der Waals surface area (Å²) in [4.78, 5) is 0. The predicted molar refractivity (Wildman–Crippen MR) is 37.3 cm³/mol. The molecule has 0 amide bonds. The van der Waals surface area contributed by atoms with E-state index >= 15 is 0 Å². The maximum absolute atomic E-state index is 4.32. The van der Waals surface area contributed by atoms with E-state index in [1.54, 1.807) is 0 Å². The number of hydrogen-bond donors (Lipinski definition) is 0. The molecule has 0 saturated heterocycles. The van der Waals surface area contributed by atoms with E-state index in [0.717, 1.165) is 5.84 Å². The molecule has 0 aromatic rings. The second-order valence-electron chi connectivity index (χ2n) is 1.36. The number of nitrogens with zero attached hydrogens (tertiary/aromatic N) is 3. The van der Waals surface area contributed by atoms with Gasteiger partial charge in [0.25, 0.3) is 0 Å². The van der Waals surface area contributed by atoms with Crippen LogP contribution in [0.2, 0.25) is 0 Å². The number of amidine groups is 1. The fraction of sp³-hybridized carbons (Fsp3) is 0.667. The number of rotatable bonds is 0. The van der Waals surface area contributed by atoms with Gasteiger partial charge in [0, 0.05) is 0 Å². The van der Waals surface area contributed by atoms with Gasteiger partial charge >= 0.3 is 65.8 Å². The van der Waals surface area contributed by atoms with Crippen LogP contribution in [0.1, 0.15) is 6.92 Å². The van der Waals surface area contributed by atoms with Crippen molar-refractivity contribution in [3.63, 3.8) is 0 Å². The first kappa shape index (κ1) is 6.84. The molecule has 0 atom stereocenters. The molecular weight excluding hydrogens is 332 g/mol. The Morgan fingerprint density at radius 2 is 2.50 bits per heavy atom. The molecule has 0 aromatic carbocycles. The van der Waals surface area contributed by atoms with Crippen LogP contribution in [-0.2, 0) is 0 Å². The van der Waals surface area contributed by atoms with Crippen molar-refractivity contribution in [3.05, 3.63) is 0 Å². The summed E-state index contributed by atoms with van der Waals surface area (Å²) in [5.74, 6) is 1.09. The van der Waals surface area contributed by atoms with Crippen LogP contribution in [0, 0.1) is 0 Å². The fourth-order valence-electron chi connectivity index (χ4n) is 0.226. The Hall–Kier alpha value is 0.730. The Morgan fingerprint density at radius 1 is 1.75 bits per heavy atom. The minimum absolute atomic E-state index is 0.121. The van der Waals surface area contributed by atoms with Crippen molar-refractivity contribution in [2.75, 3.05) is 7.05 Å². The Bertz CT molecular complexity index is 141. The van der Waals surface area contributed by atoms with Gasteiger partial charge in [-0.15, -0.1) is 0 Å². The van der Waals surface area contributed by atoms with Gasteiger partial charge in [-0.1, -0.05) is 0 Å². The molecule has 0 saturated carbocycles. The summed E-state index contributed by atoms with van der Waals surface area (Å²) in [5, 5.41) is 1.89. The first-order valence-electron chi connectivity index (χ1n) is 2.08. The molecule has 0 spiro atoms. The molecule has 0 N–H and O–H groups in total. The Kier molecular flexibility index (Phi) is 2.60. The topological polar surface area (TPSA) is 28.0 Å². The Balaban J connectivity index is 2.63. The van der Waals surface area contributed by atoms with Crippen LogP contribution < -0.4 is 17.5 Å². The van der Waals surface area contributed by atoms with Gasteiger partial charge in [-0.2, -0.15) is 0 Å². The molecule has 0 aromatic heterocycles. The maximum atomic E-state index is 4.32. The third kappa shape index (κ3) is 1.61. The Morgan fingerprint density at radius 3 is 2.88 bits per heavy atom. The van der Waals surface area contributed by atoms with E-state index in [9.17, 15) is 0 Å². The summed E-state index contributed by atoms with van der Waals surface area (Å²) in [6, 6.07) is 0. The molecule has 0 bridgehead atoms. The van der Waals surface area contributed by atoms with Gasteiger partial charge < -0.3 is 0 Å². The van der Waals surface area contributed by atoms with Gasteiger partial charge in [-0.05, 0) is 0 Å². The molecule has 1 heterocycles. The molecule has 0 aliphatic carbocycles. The Labute approximate surface area is 65.3 Å². The van der Waals surface area contributed by atoms with Crippen molar-refractivity contribution in [1.29, 1.82) is 0 Å². The summed E-state index contributed by atoms with van der Waals surface area (Å²) in [7, 11) is 1.96. The molecule has 1 aliphatic rings. The van der Waals surface area contributed by atoms with Crippen LogP contribution in [0.25, 0.3) is 0 Å². The van der Waals surface area contributed by atoms with Crippen molar-refractivity contribution in [1.82, 2.24) is 5.01 Å². The van der Waals surface area contributed by atoms with Crippen molar-refractivity contribution < 1.29 is 17.5 Å². The molecule has 0 radical (unpaired) electrons. The molecule has 0 unspecified atom stereocenters. The molecular formula is C3H6I2N3-. The first-order chi connectivity index (χ1) is 3.80. The molecule has 5 heteroatoms. The average Bonchev–Trinajstić information content (AvgIpc) is 1.77. The van der Waals surface area contributed by atoms with E-state index in [2.05, 4.69) is 6.46 Å². The van der Waals surface area contributed by atoms with Crippen LogP contribution in [0.15, 0.2) is 6.46 Å². The van der Waals surface area contributed by atoms with Crippen molar-refractivity contribution in [3.8, 4) is 0 Å².